The average molecular weight is 397 g/mol. The van der Waals surface area contributed by atoms with Crippen LogP contribution in [0.1, 0.15) is 18.5 Å². The summed E-state index contributed by atoms with van der Waals surface area (Å²) in [5, 5.41) is 8.09. The quantitative estimate of drug-likeness (QED) is 0.666. The fourth-order valence-corrected chi connectivity index (χ4v) is 3.33. The Balaban J connectivity index is 1.58. The number of nitrogens with zero attached hydrogens (tertiary/aromatic N) is 2. The molecule has 2 heterocycles. The van der Waals surface area contributed by atoms with Crippen molar-refractivity contribution in [1.29, 1.82) is 0 Å². The first-order chi connectivity index (χ1) is 14.0. The third-order valence-corrected chi connectivity index (χ3v) is 4.92. The molecule has 1 saturated heterocycles. The first-order valence-electron chi connectivity index (χ1n) is 9.85. The summed E-state index contributed by atoms with van der Waals surface area (Å²) in [5.74, 6) is -0.222. The highest BCUT2D eigenvalue weighted by Gasteiger charge is 2.14. The van der Waals surface area contributed by atoms with Crippen LogP contribution in [0.4, 0.5) is 16.2 Å². The SMILES string of the molecule is Cc1ccc(NC(=O)Nc2ccccc2)c(=O)n1CC(=O)NCCN1CCCC1. The lowest BCUT2D eigenvalue weighted by molar-refractivity contribution is -0.121. The second kappa shape index (κ2) is 9.88. The number of pyridine rings is 1. The number of carbonyl (C=O) groups excluding carboxylic acids is 2. The van der Waals surface area contributed by atoms with Gasteiger partial charge in [-0.3, -0.25) is 9.59 Å². The molecule has 0 radical (unpaired) electrons. The zero-order chi connectivity index (χ0) is 20.6. The molecule has 1 aromatic carbocycles. The summed E-state index contributed by atoms with van der Waals surface area (Å²) in [5.41, 5.74) is 0.977. The topological polar surface area (TPSA) is 95.5 Å². The number of anilines is 2. The summed E-state index contributed by atoms with van der Waals surface area (Å²) < 4.78 is 1.36. The molecule has 2 aromatic rings. The molecule has 8 heteroatoms. The van der Waals surface area contributed by atoms with Crippen LogP contribution in [0.3, 0.4) is 0 Å². The summed E-state index contributed by atoms with van der Waals surface area (Å²) in [6.07, 6.45) is 2.42. The monoisotopic (exact) mass is 397 g/mol. The molecule has 0 saturated carbocycles. The number of amides is 3. The Morgan fingerprint density at radius 2 is 1.72 bits per heavy atom. The average Bonchev–Trinajstić information content (AvgIpc) is 3.22. The van der Waals surface area contributed by atoms with Gasteiger partial charge in [0.1, 0.15) is 12.2 Å². The lowest BCUT2D eigenvalue weighted by atomic mass is 10.3. The number of rotatable bonds is 7. The van der Waals surface area contributed by atoms with Crippen molar-refractivity contribution in [2.75, 3.05) is 36.8 Å². The van der Waals surface area contributed by atoms with Crippen molar-refractivity contribution in [1.82, 2.24) is 14.8 Å². The van der Waals surface area contributed by atoms with Gasteiger partial charge in [0, 0.05) is 24.5 Å². The summed E-state index contributed by atoms with van der Waals surface area (Å²) >= 11 is 0. The highest BCUT2D eigenvalue weighted by Crippen LogP contribution is 2.08. The van der Waals surface area contributed by atoms with Gasteiger partial charge in [-0.05, 0) is 57.1 Å². The van der Waals surface area contributed by atoms with E-state index in [0.717, 1.165) is 19.6 Å². The van der Waals surface area contributed by atoms with Crippen molar-refractivity contribution < 1.29 is 9.59 Å². The Kier molecular flexibility index (Phi) is 7.02. The minimum atomic E-state index is -0.515. The van der Waals surface area contributed by atoms with E-state index in [2.05, 4.69) is 20.9 Å². The molecule has 0 unspecified atom stereocenters. The van der Waals surface area contributed by atoms with Gasteiger partial charge in [-0.15, -0.1) is 0 Å². The Hall–Kier alpha value is -3.13. The molecule has 0 aliphatic carbocycles. The fraction of sp³-hybridized carbons (Fsp3) is 0.381. The summed E-state index contributed by atoms with van der Waals surface area (Å²) in [6.45, 7) is 5.21. The molecule has 0 spiro atoms. The highest BCUT2D eigenvalue weighted by molar-refractivity contribution is 5.99. The van der Waals surface area contributed by atoms with Gasteiger partial charge >= 0.3 is 6.03 Å². The minimum Gasteiger partial charge on any atom is -0.353 e. The molecule has 1 aliphatic heterocycles. The number of aryl methyl sites for hydroxylation is 1. The van der Waals surface area contributed by atoms with Crippen LogP contribution in [0.15, 0.2) is 47.3 Å². The van der Waals surface area contributed by atoms with Crippen LogP contribution in [0, 0.1) is 6.92 Å². The zero-order valence-corrected chi connectivity index (χ0v) is 16.6. The van der Waals surface area contributed by atoms with Crippen molar-refractivity contribution in [3.05, 3.63) is 58.5 Å². The Morgan fingerprint density at radius 1 is 1.00 bits per heavy atom. The van der Waals surface area contributed by atoms with Crippen molar-refractivity contribution in [3.63, 3.8) is 0 Å². The molecule has 3 N–H and O–H groups in total. The number of likely N-dealkylation sites (tertiary alicyclic amines) is 1. The molecule has 8 nitrogen and oxygen atoms in total. The van der Waals surface area contributed by atoms with Crippen LogP contribution < -0.4 is 21.5 Å². The molecule has 3 rings (SSSR count). The van der Waals surface area contributed by atoms with Crippen LogP contribution in [0.5, 0.6) is 0 Å². The molecule has 3 amide bonds. The maximum atomic E-state index is 12.7. The molecule has 0 atom stereocenters. The number of benzene rings is 1. The summed E-state index contributed by atoms with van der Waals surface area (Å²) in [6, 6.07) is 11.7. The van der Waals surface area contributed by atoms with E-state index in [0.29, 0.717) is 17.9 Å². The van der Waals surface area contributed by atoms with E-state index < -0.39 is 11.6 Å². The summed E-state index contributed by atoms with van der Waals surface area (Å²) in [4.78, 5) is 39.5. The second-order valence-corrected chi connectivity index (χ2v) is 7.12. The van der Waals surface area contributed by atoms with Gasteiger partial charge in [0.05, 0.1) is 0 Å². The van der Waals surface area contributed by atoms with E-state index in [4.69, 9.17) is 0 Å². The Morgan fingerprint density at radius 3 is 2.45 bits per heavy atom. The van der Waals surface area contributed by atoms with Crippen molar-refractivity contribution in [2.45, 2.75) is 26.3 Å². The Labute approximate surface area is 169 Å². The molecule has 154 valence electrons. The normalized spacial score (nSPS) is 13.8. The summed E-state index contributed by atoms with van der Waals surface area (Å²) in [7, 11) is 0. The van der Waals surface area contributed by atoms with E-state index in [9.17, 15) is 14.4 Å². The predicted molar refractivity (Wildman–Crippen MR) is 113 cm³/mol. The lowest BCUT2D eigenvalue weighted by Crippen LogP contribution is -2.38. The van der Waals surface area contributed by atoms with Crippen molar-refractivity contribution >= 4 is 23.3 Å². The van der Waals surface area contributed by atoms with Crippen LogP contribution in [0.25, 0.3) is 0 Å². The third-order valence-electron chi connectivity index (χ3n) is 4.92. The van der Waals surface area contributed by atoms with E-state index in [1.807, 2.05) is 6.07 Å². The van der Waals surface area contributed by atoms with E-state index in [1.54, 1.807) is 43.3 Å². The molecule has 29 heavy (non-hydrogen) atoms. The standard InChI is InChI=1S/C21H27N5O3/c1-16-9-10-18(24-21(29)23-17-7-3-2-4-8-17)20(28)26(16)15-19(27)22-11-14-25-12-5-6-13-25/h2-4,7-10H,5-6,11-15H2,1H3,(H,22,27)(H2,23,24,29). The van der Waals surface area contributed by atoms with Crippen LogP contribution in [-0.2, 0) is 11.3 Å². The van der Waals surface area contributed by atoms with Crippen molar-refractivity contribution in [3.8, 4) is 0 Å². The van der Waals surface area contributed by atoms with Gasteiger partial charge in [0.15, 0.2) is 0 Å². The number of urea groups is 1. The van der Waals surface area contributed by atoms with Gasteiger partial charge < -0.3 is 25.4 Å². The van der Waals surface area contributed by atoms with Gasteiger partial charge in [-0.2, -0.15) is 0 Å². The van der Waals surface area contributed by atoms with Gasteiger partial charge in [0.25, 0.3) is 5.56 Å². The minimum absolute atomic E-state index is 0.0828. The first kappa shape index (κ1) is 20.6. The molecular formula is C21H27N5O3. The predicted octanol–water partition coefficient (Wildman–Crippen LogP) is 2.01. The number of aromatic nitrogens is 1. The third kappa shape index (κ3) is 5.92. The fourth-order valence-electron chi connectivity index (χ4n) is 3.33. The first-order valence-corrected chi connectivity index (χ1v) is 9.85. The smallest absolute Gasteiger partial charge is 0.323 e. The lowest BCUT2D eigenvalue weighted by Gasteiger charge is -2.16. The largest absolute Gasteiger partial charge is 0.353 e. The molecule has 1 aliphatic rings. The molecule has 0 bridgehead atoms. The molecule has 1 fully saturated rings. The zero-order valence-electron chi connectivity index (χ0n) is 16.6. The molecular weight excluding hydrogens is 370 g/mol. The van der Waals surface area contributed by atoms with Crippen LogP contribution in [0.2, 0.25) is 0 Å². The maximum Gasteiger partial charge on any atom is 0.323 e. The Bertz CT molecular complexity index is 904. The van der Waals surface area contributed by atoms with Gasteiger partial charge in [-0.1, -0.05) is 18.2 Å². The number of nitrogens with one attached hydrogen (secondary N) is 3. The van der Waals surface area contributed by atoms with Crippen molar-refractivity contribution in [2.24, 2.45) is 0 Å². The maximum absolute atomic E-state index is 12.7. The van der Waals surface area contributed by atoms with Crippen LogP contribution >= 0.6 is 0 Å². The second-order valence-electron chi connectivity index (χ2n) is 7.12. The van der Waals surface area contributed by atoms with E-state index >= 15 is 0 Å². The molecule has 1 aromatic heterocycles. The van der Waals surface area contributed by atoms with E-state index in [-0.39, 0.29) is 18.1 Å². The van der Waals surface area contributed by atoms with Gasteiger partial charge in [0.2, 0.25) is 5.91 Å². The van der Waals surface area contributed by atoms with Gasteiger partial charge in [-0.25, -0.2) is 4.79 Å². The van der Waals surface area contributed by atoms with Crippen LogP contribution in [-0.4, -0.2) is 47.6 Å². The number of hydrogen-bond acceptors (Lipinski definition) is 4. The highest BCUT2D eigenvalue weighted by atomic mass is 16.2. The number of hydrogen-bond donors (Lipinski definition) is 3. The number of para-hydroxylation sites is 1. The number of carbonyl (C=O) groups is 2. The van der Waals surface area contributed by atoms with E-state index in [1.165, 1.54) is 17.4 Å².